The molecule has 7 heteroatoms. The zero-order valence-corrected chi connectivity index (χ0v) is 13.8. The van der Waals surface area contributed by atoms with Gasteiger partial charge in [0.25, 0.3) is 0 Å². The molecule has 3 aromatic rings. The molecule has 3 rings (SSSR count). The normalized spacial score (nSPS) is 12.0. The van der Waals surface area contributed by atoms with Crippen LogP contribution in [-0.2, 0) is 7.05 Å². The van der Waals surface area contributed by atoms with E-state index in [0.29, 0.717) is 0 Å². The molecule has 0 saturated heterocycles. The molecule has 1 N–H and O–H groups in total. The number of hydrogen-bond acceptors (Lipinski definition) is 5. The second-order valence-corrected chi connectivity index (χ2v) is 5.96. The van der Waals surface area contributed by atoms with E-state index in [1.54, 1.807) is 17.5 Å². The van der Waals surface area contributed by atoms with E-state index in [4.69, 9.17) is 5.11 Å². The largest absolute Gasteiger partial charge is 0.384 e. The number of nitrogens with zero attached hydrogens (tertiary/aromatic N) is 5. The monoisotopic (exact) mass is 327 g/mol. The molecule has 0 aliphatic heterocycles. The molecule has 0 aliphatic rings. The van der Waals surface area contributed by atoms with Crippen molar-refractivity contribution >= 4 is 11.3 Å². The summed E-state index contributed by atoms with van der Waals surface area (Å²) in [6.45, 7) is 1.98. The molecule has 0 aromatic carbocycles. The van der Waals surface area contributed by atoms with Crippen LogP contribution in [-0.4, -0.2) is 36.5 Å². The van der Waals surface area contributed by atoms with Crippen molar-refractivity contribution in [2.24, 2.45) is 7.05 Å². The van der Waals surface area contributed by atoms with Gasteiger partial charge in [-0.25, -0.2) is 4.68 Å². The van der Waals surface area contributed by atoms with Crippen LogP contribution in [0.1, 0.15) is 30.6 Å². The van der Waals surface area contributed by atoms with Crippen LogP contribution in [0, 0.1) is 11.8 Å². The van der Waals surface area contributed by atoms with Gasteiger partial charge in [-0.3, -0.25) is 4.68 Å². The van der Waals surface area contributed by atoms with E-state index in [1.165, 1.54) is 0 Å². The summed E-state index contributed by atoms with van der Waals surface area (Å²) < 4.78 is 3.74. The van der Waals surface area contributed by atoms with Crippen LogP contribution in [0.4, 0.5) is 0 Å². The lowest BCUT2D eigenvalue weighted by atomic mass is 10.1. The summed E-state index contributed by atoms with van der Waals surface area (Å²) in [4.78, 5) is 1.01. The Balaban J connectivity index is 1.88. The van der Waals surface area contributed by atoms with Crippen LogP contribution < -0.4 is 0 Å². The summed E-state index contributed by atoms with van der Waals surface area (Å²) in [5, 5.41) is 23.5. The summed E-state index contributed by atoms with van der Waals surface area (Å²) >= 11 is 1.57. The van der Waals surface area contributed by atoms with E-state index in [-0.39, 0.29) is 12.6 Å². The molecule has 0 saturated carbocycles. The van der Waals surface area contributed by atoms with E-state index in [2.05, 4.69) is 34.2 Å². The van der Waals surface area contributed by atoms with E-state index in [1.807, 2.05) is 40.1 Å². The molecule has 3 heterocycles. The quantitative estimate of drug-likeness (QED) is 0.745. The van der Waals surface area contributed by atoms with Gasteiger partial charge in [-0.15, -0.1) is 16.4 Å². The predicted octanol–water partition coefficient (Wildman–Crippen LogP) is 2.08. The van der Waals surface area contributed by atoms with Crippen LogP contribution in [0.15, 0.2) is 29.9 Å². The molecule has 0 spiro atoms. The zero-order chi connectivity index (χ0) is 16.2. The maximum Gasteiger partial charge on any atom is 0.123 e. The van der Waals surface area contributed by atoms with Crippen molar-refractivity contribution in [2.45, 2.75) is 19.4 Å². The van der Waals surface area contributed by atoms with E-state index < -0.39 is 0 Å². The van der Waals surface area contributed by atoms with Gasteiger partial charge in [0.1, 0.15) is 12.3 Å². The fraction of sp³-hybridized carbons (Fsp3) is 0.312. The van der Waals surface area contributed by atoms with Crippen molar-refractivity contribution in [1.29, 1.82) is 0 Å². The Morgan fingerprint density at radius 3 is 3.00 bits per heavy atom. The number of aliphatic hydroxyl groups is 1. The molecule has 1 atom stereocenters. The topological polar surface area (TPSA) is 68.8 Å². The van der Waals surface area contributed by atoms with Crippen LogP contribution in [0.5, 0.6) is 0 Å². The molecule has 0 fully saturated rings. The van der Waals surface area contributed by atoms with Gasteiger partial charge in [0.2, 0.25) is 0 Å². The summed E-state index contributed by atoms with van der Waals surface area (Å²) in [5.41, 5.74) is 2.81. The number of rotatable bonds is 4. The Kier molecular flexibility index (Phi) is 4.55. The van der Waals surface area contributed by atoms with Crippen molar-refractivity contribution in [3.05, 3.63) is 41.2 Å². The molecule has 118 valence electrons. The third-order valence-electron chi connectivity index (χ3n) is 3.58. The van der Waals surface area contributed by atoms with E-state index in [9.17, 15) is 0 Å². The molecular formula is C16H17N5OS. The summed E-state index contributed by atoms with van der Waals surface area (Å²) in [5.74, 6) is 5.55. The van der Waals surface area contributed by atoms with Crippen LogP contribution in [0.25, 0.3) is 10.6 Å². The molecule has 6 nitrogen and oxygen atoms in total. The highest BCUT2D eigenvalue weighted by Crippen LogP contribution is 2.27. The number of aromatic nitrogens is 5. The average molecular weight is 327 g/mol. The Morgan fingerprint density at radius 2 is 2.30 bits per heavy atom. The van der Waals surface area contributed by atoms with Gasteiger partial charge in [-0.05, 0) is 18.6 Å². The molecule has 0 bridgehead atoms. The molecular weight excluding hydrogens is 310 g/mol. The molecule has 0 amide bonds. The Morgan fingerprint density at radius 1 is 1.43 bits per heavy atom. The molecule has 0 radical (unpaired) electrons. The van der Waals surface area contributed by atoms with Gasteiger partial charge in [0.15, 0.2) is 0 Å². The zero-order valence-electron chi connectivity index (χ0n) is 13.0. The van der Waals surface area contributed by atoms with Crippen molar-refractivity contribution < 1.29 is 5.11 Å². The highest BCUT2D eigenvalue weighted by Gasteiger charge is 2.17. The number of aryl methyl sites for hydroxylation is 1. The highest BCUT2D eigenvalue weighted by atomic mass is 32.1. The van der Waals surface area contributed by atoms with Crippen molar-refractivity contribution in [2.75, 3.05) is 6.61 Å². The van der Waals surface area contributed by atoms with Crippen LogP contribution in [0.3, 0.4) is 0 Å². The first-order chi connectivity index (χ1) is 11.2. The van der Waals surface area contributed by atoms with Gasteiger partial charge in [0, 0.05) is 24.2 Å². The third-order valence-corrected chi connectivity index (χ3v) is 4.53. The van der Waals surface area contributed by atoms with Crippen molar-refractivity contribution in [1.82, 2.24) is 24.8 Å². The lowest BCUT2D eigenvalue weighted by Crippen LogP contribution is -2.14. The first kappa shape index (κ1) is 15.5. The van der Waals surface area contributed by atoms with Crippen LogP contribution >= 0.6 is 11.3 Å². The number of aliphatic hydroxyl groups excluding tert-OH is 1. The first-order valence-corrected chi connectivity index (χ1v) is 8.19. The minimum atomic E-state index is -0.135. The van der Waals surface area contributed by atoms with Gasteiger partial charge < -0.3 is 5.11 Å². The number of hydrogen-bond donors (Lipinski definition) is 1. The van der Waals surface area contributed by atoms with E-state index >= 15 is 0 Å². The smallest absolute Gasteiger partial charge is 0.123 e. The van der Waals surface area contributed by atoms with E-state index in [0.717, 1.165) is 28.2 Å². The summed E-state index contributed by atoms with van der Waals surface area (Å²) in [6, 6.07) is 4.08. The second-order valence-electron chi connectivity index (χ2n) is 5.05. The SMILES string of the molecule is CC[C@@H](c1ccnn1C)n1cc(-c2cc(C#CCO)cs2)nn1. The number of thiophene rings is 1. The first-order valence-electron chi connectivity index (χ1n) is 7.31. The fourth-order valence-electron chi connectivity index (χ4n) is 2.46. The predicted molar refractivity (Wildman–Crippen MR) is 88.9 cm³/mol. The average Bonchev–Trinajstić information content (AvgIpc) is 3.27. The minimum Gasteiger partial charge on any atom is -0.384 e. The molecule has 23 heavy (non-hydrogen) atoms. The van der Waals surface area contributed by atoms with Crippen molar-refractivity contribution in [3.8, 4) is 22.4 Å². The van der Waals surface area contributed by atoms with Gasteiger partial charge >= 0.3 is 0 Å². The van der Waals surface area contributed by atoms with Crippen molar-refractivity contribution in [3.63, 3.8) is 0 Å². The fourth-order valence-corrected chi connectivity index (χ4v) is 3.25. The minimum absolute atomic E-state index is 0.109. The Hall–Kier alpha value is -2.43. The highest BCUT2D eigenvalue weighted by molar-refractivity contribution is 7.13. The summed E-state index contributed by atoms with van der Waals surface area (Å²) in [7, 11) is 1.93. The second kappa shape index (κ2) is 6.77. The maximum absolute atomic E-state index is 8.75. The molecule has 0 aliphatic carbocycles. The summed E-state index contributed by atoms with van der Waals surface area (Å²) in [6.07, 6.45) is 4.65. The van der Waals surface area contributed by atoms with Gasteiger partial charge in [0.05, 0.1) is 22.8 Å². The Labute approximate surface area is 138 Å². The standard InChI is InChI=1S/C16H17N5OS/c1-3-14(15-6-7-17-20(15)2)21-10-13(18-19-21)16-9-12(11-23-16)5-4-8-22/h6-7,9-11,14,22H,3,8H2,1-2H3/t14-/m0/s1. The molecule has 3 aromatic heterocycles. The molecule has 0 unspecified atom stereocenters. The third kappa shape index (κ3) is 3.18. The Bertz CT molecular complexity index is 851. The van der Waals surface area contributed by atoms with Gasteiger partial charge in [-0.2, -0.15) is 5.10 Å². The lowest BCUT2D eigenvalue weighted by molar-refractivity contribution is 0.350. The van der Waals surface area contributed by atoms with Crippen LogP contribution in [0.2, 0.25) is 0 Å². The lowest BCUT2D eigenvalue weighted by Gasteiger charge is -2.14. The maximum atomic E-state index is 8.75. The van der Waals surface area contributed by atoms with Gasteiger partial charge in [-0.1, -0.05) is 24.0 Å².